The molecule has 0 atom stereocenters. The van der Waals surface area contributed by atoms with E-state index in [1.807, 2.05) is 23.7 Å². The van der Waals surface area contributed by atoms with Gasteiger partial charge in [0.15, 0.2) is 0 Å². The first-order valence-electron chi connectivity index (χ1n) is 7.69. The second-order valence-corrected chi connectivity index (χ2v) is 5.36. The van der Waals surface area contributed by atoms with Crippen LogP contribution in [0.15, 0.2) is 24.4 Å². The highest BCUT2D eigenvalue weighted by atomic mass is 19.1. The highest BCUT2D eigenvalue weighted by Gasteiger charge is 2.12. The zero-order valence-corrected chi connectivity index (χ0v) is 13.1. The lowest BCUT2D eigenvalue weighted by Crippen LogP contribution is -2.13. The minimum Gasteiger partial charge on any atom is -0.313 e. The fraction of sp³-hybridized carbons (Fsp3) is 0.471. The molecule has 1 aromatic carbocycles. The maximum absolute atomic E-state index is 14.4. The number of aromatic nitrogens is 2. The standard InChI is InChI=1S/C17H24FN3/c1-4-8-19-11-14-6-7-15(17(18)10-14)16-12-20-21(9-5-2)13(16)3/h6-7,10,12,19H,4-5,8-9,11H2,1-3H3. The summed E-state index contributed by atoms with van der Waals surface area (Å²) in [5, 5.41) is 7.63. The number of hydrogen-bond acceptors (Lipinski definition) is 2. The highest BCUT2D eigenvalue weighted by Crippen LogP contribution is 2.26. The molecule has 0 spiro atoms. The van der Waals surface area contributed by atoms with Crippen molar-refractivity contribution in [2.24, 2.45) is 0 Å². The summed E-state index contributed by atoms with van der Waals surface area (Å²) < 4.78 is 16.3. The Kier molecular flexibility index (Phi) is 5.51. The molecule has 0 aliphatic rings. The number of nitrogens with zero attached hydrogens (tertiary/aromatic N) is 2. The van der Waals surface area contributed by atoms with Gasteiger partial charge < -0.3 is 5.32 Å². The number of hydrogen-bond donors (Lipinski definition) is 1. The van der Waals surface area contributed by atoms with E-state index in [-0.39, 0.29) is 5.82 Å². The van der Waals surface area contributed by atoms with Crippen molar-refractivity contribution < 1.29 is 4.39 Å². The van der Waals surface area contributed by atoms with Gasteiger partial charge in [-0.1, -0.05) is 26.0 Å². The number of nitrogens with one attached hydrogen (secondary N) is 1. The smallest absolute Gasteiger partial charge is 0.131 e. The predicted octanol–water partition coefficient (Wildman–Crippen LogP) is 3.91. The molecule has 2 rings (SSSR count). The van der Waals surface area contributed by atoms with Crippen molar-refractivity contribution in [2.45, 2.75) is 46.7 Å². The number of benzene rings is 1. The molecule has 114 valence electrons. The molecule has 1 heterocycles. The fourth-order valence-corrected chi connectivity index (χ4v) is 2.44. The summed E-state index contributed by atoms with van der Waals surface area (Å²) in [5.74, 6) is -0.176. The Balaban J connectivity index is 2.20. The molecule has 0 saturated carbocycles. The van der Waals surface area contributed by atoms with Gasteiger partial charge in [-0.25, -0.2) is 4.39 Å². The van der Waals surface area contributed by atoms with E-state index in [0.717, 1.165) is 42.8 Å². The molecular weight excluding hydrogens is 265 g/mol. The van der Waals surface area contributed by atoms with E-state index < -0.39 is 0 Å². The third kappa shape index (κ3) is 3.70. The number of aryl methyl sites for hydroxylation is 1. The fourth-order valence-electron chi connectivity index (χ4n) is 2.44. The second-order valence-electron chi connectivity index (χ2n) is 5.36. The van der Waals surface area contributed by atoms with Crippen LogP contribution in [-0.2, 0) is 13.1 Å². The lowest BCUT2D eigenvalue weighted by molar-refractivity contribution is 0.587. The zero-order valence-electron chi connectivity index (χ0n) is 13.1. The van der Waals surface area contributed by atoms with Crippen LogP contribution in [0.1, 0.15) is 37.9 Å². The highest BCUT2D eigenvalue weighted by molar-refractivity contribution is 5.66. The minimum absolute atomic E-state index is 0.176. The lowest BCUT2D eigenvalue weighted by Gasteiger charge is -2.08. The molecule has 0 fully saturated rings. The summed E-state index contributed by atoms with van der Waals surface area (Å²) in [6.45, 7) is 8.75. The van der Waals surface area contributed by atoms with E-state index >= 15 is 0 Å². The van der Waals surface area contributed by atoms with Gasteiger partial charge in [0.05, 0.1) is 6.20 Å². The van der Waals surface area contributed by atoms with Gasteiger partial charge in [-0.15, -0.1) is 0 Å². The molecule has 21 heavy (non-hydrogen) atoms. The van der Waals surface area contributed by atoms with Crippen LogP contribution in [0.5, 0.6) is 0 Å². The first-order valence-corrected chi connectivity index (χ1v) is 7.69. The molecule has 2 aromatic rings. The van der Waals surface area contributed by atoms with Crippen LogP contribution in [0.3, 0.4) is 0 Å². The Bertz CT molecular complexity index is 590. The van der Waals surface area contributed by atoms with Crippen molar-refractivity contribution in [2.75, 3.05) is 6.54 Å². The van der Waals surface area contributed by atoms with Crippen LogP contribution >= 0.6 is 0 Å². The third-order valence-electron chi connectivity index (χ3n) is 3.62. The molecule has 4 heteroatoms. The molecule has 0 amide bonds. The van der Waals surface area contributed by atoms with E-state index in [1.165, 1.54) is 0 Å². The maximum atomic E-state index is 14.4. The van der Waals surface area contributed by atoms with Crippen molar-refractivity contribution in [1.29, 1.82) is 0 Å². The van der Waals surface area contributed by atoms with Crippen molar-refractivity contribution in [3.05, 3.63) is 41.5 Å². The van der Waals surface area contributed by atoms with Gasteiger partial charge in [0.2, 0.25) is 0 Å². The van der Waals surface area contributed by atoms with Crippen LogP contribution in [0, 0.1) is 12.7 Å². The lowest BCUT2D eigenvalue weighted by atomic mass is 10.0. The Morgan fingerprint density at radius 1 is 1.19 bits per heavy atom. The van der Waals surface area contributed by atoms with E-state index in [2.05, 4.69) is 24.3 Å². The van der Waals surface area contributed by atoms with Crippen molar-refractivity contribution in [3.63, 3.8) is 0 Å². The third-order valence-corrected chi connectivity index (χ3v) is 3.62. The maximum Gasteiger partial charge on any atom is 0.131 e. The van der Waals surface area contributed by atoms with E-state index in [0.29, 0.717) is 12.1 Å². The van der Waals surface area contributed by atoms with Crippen LogP contribution < -0.4 is 5.32 Å². The van der Waals surface area contributed by atoms with Gasteiger partial charge in [-0.05, 0) is 37.9 Å². The van der Waals surface area contributed by atoms with E-state index in [4.69, 9.17) is 0 Å². The minimum atomic E-state index is -0.176. The van der Waals surface area contributed by atoms with Crippen molar-refractivity contribution in [3.8, 4) is 11.1 Å². The summed E-state index contributed by atoms with van der Waals surface area (Å²) in [4.78, 5) is 0. The van der Waals surface area contributed by atoms with E-state index in [1.54, 1.807) is 12.3 Å². The second kappa shape index (κ2) is 7.36. The first kappa shape index (κ1) is 15.7. The Morgan fingerprint density at radius 3 is 2.67 bits per heavy atom. The predicted molar refractivity (Wildman–Crippen MR) is 84.6 cm³/mol. The monoisotopic (exact) mass is 289 g/mol. The van der Waals surface area contributed by atoms with Crippen molar-refractivity contribution >= 4 is 0 Å². The molecule has 0 radical (unpaired) electrons. The van der Waals surface area contributed by atoms with Gasteiger partial charge in [0.25, 0.3) is 0 Å². The van der Waals surface area contributed by atoms with Gasteiger partial charge in [-0.2, -0.15) is 5.10 Å². The molecule has 3 nitrogen and oxygen atoms in total. The van der Waals surface area contributed by atoms with Gasteiger partial charge >= 0.3 is 0 Å². The molecule has 0 aliphatic heterocycles. The van der Waals surface area contributed by atoms with Crippen molar-refractivity contribution in [1.82, 2.24) is 15.1 Å². The van der Waals surface area contributed by atoms with Crippen LogP contribution in [0.4, 0.5) is 4.39 Å². The van der Waals surface area contributed by atoms with Crippen LogP contribution in [0.25, 0.3) is 11.1 Å². The van der Waals surface area contributed by atoms with Crippen LogP contribution in [-0.4, -0.2) is 16.3 Å². The van der Waals surface area contributed by atoms with Gasteiger partial charge in [-0.3, -0.25) is 4.68 Å². The quantitative estimate of drug-likeness (QED) is 0.783. The number of halogens is 1. The Labute approximate surface area is 126 Å². The summed E-state index contributed by atoms with van der Waals surface area (Å²) in [6.07, 6.45) is 3.86. The molecule has 0 bridgehead atoms. The Morgan fingerprint density at radius 2 is 2.00 bits per heavy atom. The summed E-state index contributed by atoms with van der Waals surface area (Å²) >= 11 is 0. The molecule has 0 unspecified atom stereocenters. The molecule has 0 saturated heterocycles. The largest absolute Gasteiger partial charge is 0.313 e. The SMILES string of the molecule is CCCNCc1ccc(-c2cnn(CCC)c2C)c(F)c1. The topological polar surface area (TPSA) is 29.9 Å². The summed E-state index contributed by atoms with van der Waals surface area (Å²) in [7, 11) is 0. The van der Waals surface area contributed by atoms with E-state index in [9.17, 15) is 4.39 Å². The average molecular weight is 289 g/mol. The normalized spacial score (nSPS) is 11.0. The van der Waals surface area contributed by atoms with Crippen LogP contribution in [0.2, 0.25) is 0 Å². The molecule has 1 aromatic heterocycles. The molecule has 1 N–H and O–H groups in total. The average Bonchev–Trinajstić information content (AvgIpc) is 2.82. The van der Waals surface area contributed by atoms with Gasteiger partial charge in [0, 0.05) is 29.9 Å². The Hall–Kier alpha value is -1.68. The first-order chi connectivity index (χ1) is 10.2. The number of rotatable bonds is 7. The summed E-state index contributed by atoms with van der Waals surface area (Å²) in [6, 6.07) is 5.46. The summed E-state index contributed by atoms with van der Waals surface area (Å²) in [5.41, 5.74) is 3.51. The zero-order chi connectivity index (χ0) is 15.2. The molecule has 0 aliphatic carbocycles. The van der Waals surface area contributed by atoms with Gasteiger partial charge in [0.1, 0.15) is 5.82 Å². The molecular formula is C17H24FN3.